The van der Waals surface area contributed by atoms with E-state index in [9.17, 15) is 9.59 Å². The Morgan fingerprint density at radius 1 is 1.55 bits per heavy atom. The van der Waals surface area contributed by atoms with Gasteiger partial charge in [-0.2, -0.15) is 0 Å². The molecule has 0 heterocycles. The largest absolute Gasteiger partial charge is 0.368 e. The maximum Gasteiger partial charge on any atom is 0.256 e. The van der Waals surface area contributed by atoms with E-state index in [0.29, 0.717) is 0 Å². The molecule has 0 aliphatic carbocycles. The summed E-state index contributed by atoms with van der Waals surface area (Å²) < 4.78 is -1.52. The number of nitrogens with one attached hydrogen (secondary N) is 1. The van der Waals surface area contributed by atoms with Gasteiger partial charge in [0.15, 0.2) is 4.33 Å². The Morgan fingerprint density at radius 2 is 2.00 bits per heavy atom. The Balaban J connectivity index is 3.80. The van der Waals surface area contributed by atoms with E-state index in [4.69, 9.17) is 28.9 Å². The monoisotopic (exact) mass is 198 g/mol. The maximum absolute atomic E-state index is 10.8. The fraction of sp³-hybridized carbons (Fsp3) is 0.600. The van der Waals surface area contributed by atoms with Crippen LogP contribution < -0.4 is 11.1 Å². The van der Waals surface area contributed by atoms with Gasteiger partial charge in [-0.3, -0.25) is 9.59 Å². The zero-order valence-electron chi connectivity index (χ0n) is 5.86. The van der Waals surface area contributed by atoms with Crippen molar-refractivity contribution in [2.45, 2.75) is 11.3 Å². The van der Waals surface area contributed by atoms with E-state index in [1.165, 1.54) is 6.92 Å². The number of hydrogen-bond acceptors (Lipinski definition) is 2. The predicted octanol–water partition coefficient (Wildman–Crippen LogP) is -0.218. The van der Waals surface area contributed by atoms with Crippen molar-refractivity contribution in [1.82, 2.24) is 5.32 Å². The first-order chi connectivity index (χ1) is 4.84. The van der Waals surface area contributed by atoms with Crippen LogP contribution in [0.3, 0.4) is 0 Å². The first-order valence-electron chi connectivity index (χ1n) is 2.78. The first kappa shape index (κ1) is 10.5. The van der Waals surface area contributed by atoms with Gasteiger partial charge in [-0.15, -0.1) is 0 Å². The van der Waals surface area contributed by atoms with Gasteiger partial charge in [0.1, 0.15) is 0 Å². The number of rotatable bonds is 3. The molecule has 0 aromatic rings. The summed E-state index contributed by atoms with van der Waals surface area (Å²) in [5, 5.41) is 2.14. The molecule has 0 bridgehead atoms. The second kappa shape index (κ2) is 3.78. The number of halogens is 2. The summed E-state index contributed by atoms with van der Waals surface area (Å²) in [6, 6.07) is 0. The van der Waals surface area contributed by atoms with Crippen LogP contribution in [0.5, 0.6) is 0 Å². The van der Waals surface area contributed by atoms with E-state index in [1.54, 1.807) is 0 Å². The number of primary amides is 1. The number of carbonyl (C=O) groups excluding carboxylic acids is 2. The summed E-state index contributed by atoms with van der Waals surface area (Å²) in [6.07, 6.45) is 0. The number of amides is 2. The summed E-state index contributed by atoms with van der Waals surface area (Å²) in [7, 11) is 0. The van der Waals surface area contributed by atoms with Crippen LogP contribution >= 0.6 is 23.2 Å². The molecule has 0 atom stereocenters. The Bertz CT molecular complexity index is 176. The van der Waals surface area contributed by atoms with E-state index in [1.807, 2.05) is 0 Å². The molecule has 0 aromatic carbocycles. The number of alkyl halides is 2. The highest BCUT2D eigenvalue weighted by molar-refractivity contribution is 6.57. The fourth-order valence-corrected chi connectivity index (χ4v) is 0.456. The highest BCUT2D eigenvalue weighted by Crippen LogP contribution is 2.18. The molecule has 0 unspecified atom stereocenters. The average Bonchev–Trinajstić information content (AvgIpc) is 1.80. The van der Waals surface area contributed by atoms with Crippen LogP contribution in [0, 0.1) is 0 Å². The van der Waals surface area contributed by atoms with Gasteiger partial charge in [0.05, 0.1) is 6.54 Å². The molecule has 3 N–H and O–H groups in total. The minimum absolute atomic E-state index is 0.256. The molecule has 6 heteroatoms. The maximum atomic E-state index is 10.8. The number of nitrogens with two attached hydrogens (primary N) is 1. The average molecular weight is 199 g/mol. The molecule has 11 heavy (non-hydrogen) atoms. The lowest BCUT2D eigenvalue weighted by molar-refractivity contribution is -0.125. The molecule has 2 amide bonds. The van der Waals surface area contributed by atoms with Crippen molar-refractivity contribution in [2.24, 2.45) is 5.73 Å². The third-order valence-electron chi connectivity index (χ3n) is 0.822. The Kier molecular flexibility index (Phi) is 3.62. The minimum atomic E-state index is -1.52. The zero-order valence-corrected chi connectivity index (χ0v) is 7.37. The van der Waals surface area contributed by atoms with Gasteiger partial charge in [-0.05, 0) is 6.92 Å². The molecule has 0 aliphatic rings. The van der Waals surface area contributed by atoms with Gasteiger partial charge in [-0.25, -0.2) is 0 Å². The van der Waals surface area contributed by atoms with Crippen LogP contribution in [0.4, 0.5) is 0 Å². The van der Waals surface area contributed by atoms with Crippen molar-refractivity contribution >= 4 is 35.0 Å². The van der Waals surface area contributed by atoms with E-state index in [-0.39, 0.29) is 6.54 Å². The minimum Gasteiger partial charge on any atom is -0.368 e. The number of hydrogen-bond donors (Lipinski definition) is 2. The molecule has 0 fully saturated rings. The fourth-order valence-electron chi connectivity index (χ4n) is 0.323. The van der Waals surface area contributed by atoms with E-state index in [2.05, 4.69) is 5.32 Å². The van der Waals surface area contributed by atoms with Crippen molar-refractivity contribution in [3.05, 3.63) is 0 Å². The van der Waals surface area contributed by atoms with Crippen molar-refractivity contribution in [2.75, 3.05) is 6.54 Å². The lowest BCUT2D eigenvalue weighted by Crippen LogP contribution is -2.40. The van der Waals surface area contributed by atoms with E-state index >= 15 is 0 Å². The molecule has 64 valence electrons. The molecule has 0 saturated heterocycles. The van der Waals surface area contributed by atoms with Gasteiger partial charge in [-0.1, -0.05) is 23.2 Å². The van der Waals surface area contributed by atoms with Gasteiger partial charge >= 0.3 is 0 Å². The highest BCUT2D eigenvalue weighted by atomic mass is 35.5. The molecule has 0 aliphatic heterocycles. The normalized spacial score (nSPS) is 10.8. The van der Waals surface area contributed by atoms with Crippen LogP contribution in [0.15, 0.2) is 0 Å². The van der Waals surface area contributed by atoms with Crippen LogP contribution in [-0.4, -0.2) is 22.7 Å². The van der Waals surface area contributed by atoms with E-state index < -0.39 is 16.1 Å². The van der Waals surface area contributed by atoms with Crippen LogP contribution in [-0.2, 0) is 9.59 Å². The second-order valence-corrected chi connectivity index (χ2v) is 3.74. The topological polar surface area (TPSA) is 72.2 Å². The molecular formula is C5H8Cl2N2O2. The Labute approximate surface area is 74.0 Å². The summed E-state index contributed by atoms with van der Waals surface area (Å²) >= 11 is 10.7. The third kappa shape index (κ3) is 4.86. The van der Waals surface area contributed by atoms with Gasteiger partial charge in [0.25, 0.3) is 5.91 Å². The summed E-state index contributed by atoms with van der Waals surface area (Å²) in [5.41, 5.74) is 4.74. The SMILES string of the molecule is CC(Cl)(Cl)C(=O)NCC(N)=O. The van der Waals surface area contributed by atoms with Gasteiger partial charge in [0.2, 0.25) is 5.91 Å². The second-order valence-electron chi connectivity index (χ2n) is 2.04. The highest BCUT2D eigenvalue weighted by Gasteiger charge is 2.26. The predicted molar refractivity (Wildman–Crippen MR) is 42.3 cm³/mol. The van der Waals surface area contributed by atoms with Crippen molar-refractivity contribution in [1.29, 1.82) is 0 Å². The molecular weight excluding hydrogens is 191 g/mol. The quantitative estimate of drug-likeness (QED) is 0.616. The summed E-state index contributed by atoms with van der Waals surface area (Å²) in [4.78, 5) is 20.9. The zero-order chi connectivity index (χ0) is 9.07. The lowest BCUT2D eigenvalue weighted by Gasteiger charge is -2.11. The van der Waals surface area contributed by atoms with Crippen molar-refractivity contribution < 1.29 is 9.59 Å². The third-order valence-corrected chi connectivity index (χ3v) is 1.17. The Morgan fingerprint density at radius 3 is 2.27 bits per heavy atom. The summed E-state index contributed by atoms with van der Waals surface area (Å²) in [5.74, 6) is -1.28. The van der Waals surface area contributed by atoms with Crippen LogP contribution in [0.25, 0.3) is 0 Å². The molecule has 0 aromatic heterocycles. The molecule has 0 saturated carbocycles. The molecule has 0 radical (unpaired) electrons. The van der Waals surface area contributed by atoms with E-state index in [0.717, 1.165) is 0 Å². The van der Waals surface area contributed by atoms with Gasteiger partial charge in [0, 0.05) is 0 Å². The van der Waals surface area contributed by atoms with Crippen LogP contribution in [0.1, 0.15) is 6.92 Å². The smallest absolute Gasteiger partial charge is 0.256 e. The first-order valence-corrected chi connectivity index (χ1v) is 3.54. The Hall–Kier alpha value is -0.480. The van der Waals surface area contributed by atoms with Crippen molar-refractivity contribution in [3.63, 3.8) is 0 Å². The summed E-state index contributed by atoms with van der Waals surface area (Å²) in [6.45, 7) is 1.04. The van der Waals surface area contributed by atoms with Crippen LogP contribution in [0.2, 0.25) is 0 Å². The lowest BCUT2D eigenvalue weighted by atomic mass is 10.4. The molecule has 0 spiro atoms. The molecule has 0 rings (SSSR count). The standard InChI is InChI=1S/C5H8Cl2N2O2/c1-5(6,7)4(11)9-2-3(8)10/h2H2,1H3,(H2,8,10)(H,9,11). The van der Waals surface area contributed by atoms with Crippen molar-refractivity contribution in [3.8, 4) is 0 Å². The molecule has 4 nitrogen and oxygen atoms in total. The number of carbonyl (C=O) groups is 2. The van der Waals surface area contributed by atoms with Gasteiger partial charge < -0.3 is 11.1 Å².